The molecule has 0 fully saturated rings. The van der Waals surface area contributed by atoms with E-state index in [0.29, 0.717) is 5.71 Å². The Balaban J connectivity index is 4.04. The molecule has 0 aromatic rings. The highest BCUT2D eigenvalue weighted by molar-refractivity contribution is 6.06. The van der Waals surface area contributed by atoms with Gasteiger partial charge in [-0.3, -0.25) is 4.99 Å². The average Bonchev–Trinajstić information content (AvgIpc) is 1.84. The van der Waals surface area contributed by atoms with Crippen LogP contribution in [0.5, 0.6) is 0 Å². The van der Waals surface area contributed by atoms with Crippen molar-refractivity contribution in [2.24, 2.45) is 4.99 Å². The van der Waals surface area contributed by atoms with Gasteiger partial charge in [0.05, 0.1) is 0 Å². The third-order valence-electron chi connectivity index (χ3n) is 1.10. The van der Waals surface area contributed by atoms with Gasteiger partial charge in [0.2, 0.25) is 0 Å². The van der Waals surface area contributed by atoms with Crippen molar-refractivity contribution in [1.29, 1.82) is 5.41 Å². The van der Waals surface area contributed by atoms with Gasteiger partial charge in [-0.1, -0.05) is 0 Å². The molecule has 0 saturated heterocycles. The van der Waals surface area contributed by atoms with Crippen LogP contribution in [0.2, 0.25) is 0 Å². The number of alkyl halides is 1. The zero-order chi connectivity index (χ0) is 7.44. The molecule has 0 bridgehead atoms. The lowest BCUT2D eigenvalue weighted by atomic mass is 10.2. The Bertz CT molecular complexity index is 140. The van der Waals surface area contributed by atoms with Crippen molar-refractivity contribution in [3.05, 3.63) is 0 Å². The smallest absolute Gasteiger partial charge is 0.174 e. The molecule has 0 aliphatic heterocycles. The van der Waals surface area contributed by atoms with Gasteiger partial charge in [-0.15, -0.1) is 0 Å². The van der Waals surface area contributed by atoms with E-state index in [1.165, 1.54) is 14.0 Å². The van der Waals surface area contributed by atoms with Gasteiger partial charge >= 0.3 is 0 Å². The van der Waals surface area contributed by atoms with Gasteiger partial charge < -0.3 is 5.41 Å². The maximum absolute atomic E-state index is 12.6. The molecule has 0 amide bonds. The normalized spacial score (nSPS) is 15.3. The Morgan fingerprint density at radius 2 is 2.00 bits per heavy atom. The zero-order valence-corrected chi connectivity index (χ0v) is 5.90. The van der Waals surface area contributed by atoms with E-state index in [9.17, 15) is 4.39 Å². The van der Waals surface area contributed by atoms with E-state index in [1.54, 1.807) is 6.92 Å². The molecular formula is C6H11FN2. The molecule has 0 rings (SSSR count). The monoisotopic (exact) mass is 130 g/mol. The minimum atomic E-state index is -1.28. The van der Waals surface area contributed by atoms with Crippen molar-refractivity contribution < 1.29 is 4.39 Å². The van der Waals surface area contributed by atoms with E-state index < -0.39 is 6.17 Å². The standard InChI is InChI=1S/C6H11FN2/c1-4(8)6(7)5(2)9-3/h6,8H,1-3H3. The lowest BCUT2D eigenvalue weighted by Gasteiger charge is -2.02. The Kier molecular flexibility index (Phi) is 3.06. The first-order valence-electron chi connectivity index (χ1n) is 2.72. The molecule has 1 unspecified atom stereocenters. The Morgan fingerprint density at radius 3 is 2.11 bits per heavy atom. The van der Waals surface area contributed by atoms with Crippen molar-refractivity contribution >= 4 is 11.4 Å². The van der Waals surface area contributed by atoms with Crippen molar-refractivity contribution in [2.75, 3.05) is 7.05 Å². The average molecular weight is 130 g/mol. The molecule has 2 nitrogen and oxygen atoms in total. The summed E-state index contributed by atoms with van der Waals surface area (Å²) in [5.74, 6) is 0. The molecule has 1 N–H and O–H groups in total. The SMILES string of the molecule is CN=C(C)C(F)C(C)=N. The molecule has 52 valence electrons. The van der Waals surface area contributed by atoms with Crippen molar-refractivity contribution in [3.8, 4) is 0 Å². The van der Waals surface area contributed by atoms with E-state index in [4.69, 9.17) is 5.41 Å². The first-order chi connectivity index (χ1) is 4.09. The van der Waals surface area contributed by atoms with Crippen LogP contribution in [0, 0.1) is 5.41 Å². The molecule has 1 atom stereocenters. The second kappa shape index (κ2) is 3.33. The molecule has 0 spiro atoms. The predicted octanol–water partition coefficient (Wildman–Crippen LogP) is 1.45. The van der Waals surface area contributed by atoms with E-state index in [2.05, 4.69) is 4.99 Å². The fourth-order valence-corrected chi connectivity index (χ4v) is 0.427. The van der Waals surface area contributed by atoms with Crippen LogP contribution in [0.25, 0.3) is 0 Å². The van der Waals surface area contributed by atoms with E-state index in [1.807, 2.05) is 0 Å². The topological polar surface area (TPSA) is 36.2 Å². The molecule has 9 heavy (non-hydrogen) atoms. The second-order valence-corrected chi connectivity index (χ2v) is 1.91. The summed E-state index contributed by atoms with van der Waals surface area (Å²) < 4.78 is 12.6. The van der Waals surface area contributed by atoms with Crippen LogP contribution in [0.3, 0.4) is 0 Å². The minimum absolute atomic E-state index is 0.0121. The van der Waals surface area contributed by atoms with Crippen LogP contribution >= 0.6 is 0 Å². The number of hydrogen-bond donors (Lipinski definition) is 1. The third-order valence-corrected chi connectivity index (χ3v) is 1.10. The highest BCUT2D eigenvalue weighted by atomic mass is 19.1. The van der Waals surface area contributed by atoms with Gasteiger partial charge in [-0.25, -0.2) is 4.39 Å². The fraction of sp³-hybridized carbons (Fsp3) is 0.667. The highest BCUT2D eigenvalue weighted by Crippen LogP contribution is 1.95. The Hall–Kier alpha value is -0.730. The number of rotatable bonds is 2. The quantitative estimate of drug-likeness (QED) is 0.549. The fourth-order valence-electron chi connectivity index (χ4n) is 0.427. The predicted molar refractivity (Wildman–Crippen MR) is 37.3 cm³/mol. The van der Waals surface area contributed by atoms with Gasteiger partial charge in [0.1, 0.15) is 0 Å². The Morgan fingerprint density at radius 1 is 1.56 bits per heavy atom. The summed E-state index contributed by atoms with van der Waals surface area (Å²) in [6.07, 6.45) is -1.28. The van der Waals surface area contributed by atoms with Crippen molar-refractivity contribution in [3.63, 3.8) is 0 Å². The maximum atomic E-state index is 12.6. The number of hydrogen-bond acceptors (Lipinski definition) is 2. The van der Waals surface area contributed by atoms with Crippen LogP contribution in [0.1, 0.15) is 13.8 Å². The van der Waals surface area contributed by atoms with Crippen LogP contribution in [0.4, 0.5) is 4.39 Å². The summed E-state index contributed by atoms with van der Waals surface area (Å²) in [4.78, 5) is 3.61. The van der Waals surface area contributed by atoms with Crippen molar-refractivity contribution in [2.45, 2.75) is 20.0 Å². The van der Waals surface area contributed by atoms with Crippen LogP contribution in [0.15, 0.2) is 4.99 Å². The van der Waals surface area contributed by atoms with Crippen LogP contribution in [-0.4, -0.2) is 24.6 Å². The molecule has 3 heteroatoms. The van der Waals surface area contributed by atoms with Gasteiger partial charge in [0, 0.05) is 18.5 Å². The second-order valence-electron chi connectivity index (χ2n) is 1.91. The van der Waals surface area contributed by atoms with Crippen LogP contribution in [-0.2, 0) is 0 Å². The van der Waals surface area contributed by atoms with Gasteiger partial charge in [-0.05, 0) is 13.8 Å². The first kappa shape index (κ1) is 8.27. The number of aliphatic imine (C=N–C) groups is 1. The van der Waals surface area contributed by atoms with Crippen molar-refractivity contribution in [1.82, 2.24) is 0 Å². The first-order valence-corrected chi connectivity index (χ1v) is 2.72. The van der Waals surface area contributed by atoms with E-state index >= 15 is 0 Å². The minimum Gasteiger partial charge on any atom is -0.307 e. The molecule has 0 aliphatic rings. The number of nitrogens with one attached hydrogen (secondary N) is 1. The van der Waals surface area contributed by atoms with Gasteiger partial charge in [0.25, 0.3) is 0 Å². The van der Waals surface area contributed by atoms with Crippen LogP contribution < -0.4 is 0 Å². The molecular weight excluding hydrogens is 119 g/mol. The maximum Gasteiger partial charge on any atom is 0.174 e. The molecule has 0 aromatic heterocycles. The number of nitrogens with zero attached hydrogens (tertiary/aromatic N) is 1. The molecule has 0 radical (unpaired) electrons. The lowest BCUT2D eigenvalue weighted by molar-refractivity contribution is 0.510. The summed E-state index contributed by atoms with van der Waals surface area (Å²) in [5.41, 5.74) is 0.376. The molecule has 0 aliphatic carbocycles. The third kappa shape index (κ3) is 2.35. The van der Waals surface area contributed by atoms with E-state index in [-0.39, 0.29) is 5.71 Å². The van der Waals surface area contributed by atoms with Gasteiger partial charge in [0.15, 0.2) is 6.17 Å². The summed E-state index contributed by atoms with van der Waals surface area (Å²) in [5, 5.41) is 6.88. The Labute approximate surface area is 54.3 Å². The summed E-state index contributed by atoms with van der Waals surface area (Å²) in [6, 6.07) is 0. The number of halogens is 1. The zero-order valence-electron chi connectivity index (χ0n) is 5.90. The summed E-state index contributed by atoms with van der Waals surface area (Å²) >= 11 is 0. The summed E-state index contributed by atoms with van der Waals surface area (Å²) in [6.45, 7) is 3.00. The van der Waals surface area contributed by atoms with E-state index in [0.717, 1.165) is 0 Å². The van der Waals surface area contributed by atoms with Gasteiger partial charge in [-0.2, -0.15) is 0 Å². The lowest BCUT2D eigenvalue weighted by Crippen LogP contribution is -2.19. The molecule has 0 aromatic carbocycles. The summed E-state index contributed by atoms with van der Waals surface area (Å²) in [7, 11) is 1.52. The molecule has 0 saturated carbocycles. The largest absolute Gasteiger partial charge is 0.307 e. The molecule has 0 heterocycles. The highest BCUT2D eigenvalue weighted by Gasteiger charge is 2.10.